The van der Waals surface area contributed by atoms with Gasteiger partial charge in [-0.05, 0) is 60.2 Å². The van der Waals surface area contributed by atoms with Crippen LogP contribution in [0.3, 0.4) is 0 Å². The fraction of sp³-hybridized carbons (Fsp3) is 0.0968. The molecule has 7 aromatic rings. The summed E-state index contributed by atoms with van der Waals surface area (Å²) in [5.74, 6) is 0.837. The second-order valence-electron chi connectivity index (χ2n) is 9.17. The number of hydrogen-bond acceptors (Lipinski definition) is 3. The van der Waals surface area contributed by atoms with Crippen molar-refractivity contribution >= 4 is 38.4 Å². The van der Waals surface area contributed by atoms with E-state index in [-0.39, 0.29) is 0 Å². The summed E-state index contributed by atoms with van der Waals surface area (Å²) < 4.78 is 8.43. The quantitative estimate of drug-likeness (QED) is 0.272. The maximum absolute atomic E-state index is 6.37. The summed E-state index contributed by atoms with van der Waals surface area (Å²) in [4.78, 5) is 0. The molecule has 0 spiro atoms. The summed E-state index contributed by atoms with van der Waals surface area (Å²) in [6, 6.07) is 29.9. The van der Waals surface area contributed by atoms with Gasteiger partial charge in [0.1, 0.15) is 11.2 Å². The number of nitrogens with zero attached hydrogens (tertiary/aromatic N) is 3. The zero-order valence-electron chi connectivity index (χ0n) is 19.6. The molecule has 0 radical (unpaired) electrons. The first-order chi connectivity index (χ1) is 17.2. The van der Waals surface area contributed by atoms with Crippen LogP contribution in [-0.2, 0) is 6.42 Å². The van der Waals surface area contributed by atoms with Gasteiger partial charge in [0.25, 0.3) is 0 Å². The van der Waals surface area contributed by atoms with Gasteiger partial charge in [0.05, 0.1) is 0 Å². The Balaban J connectivity index is 1.37. The highest BCUT2D eigenvalue weighted by molar-refractivity contribution is 6.10. The SMILES string of the molecule is CCc1cc(-c2ccc(-c3nnc4c5ccccc5ccn34)cc2)c2oc3ccc(C)cc3c2c1. The molecule has 0 atom stereocenters. The molecule has 0 fully saturated rings. The number of hydrogen-bond donors (Lipinski definition) is 0. The summed E-state index contributed by atoms with van der Waals surface area (Å²) in [7, 11) is 0. The minimum absolute atomic E-state index is 0.837. The predicted molar refractivity (Wildman–Crippen MR) is 143 cm³/mol. The van der Waals surface area contributed by atoms with Crippen LogP contribution in [0.15, 0.2) is 95.5 Å². The molecule has 4 aromatic carbocycles. The van der Waals surface area contributed by atoms with Gasteiger partial charge in [-0.2, -0.15) is 0 Å². The second kappa shape index (κ2) is 7.54. The fourth-order valence-electron chi connectivity index (χ4n) is 5.08. The van der Waals surface area contributed by atoms with Gasteiger partial charge in [-0.1, -0.05) is 67.1 Å². The van der Waals surface area contributed by atoms with Gasteiger partial charge < -0.3 is 4.42 Å². The van der Waals surface area contributed by atoms with Crippen LogP contribution in [0.25, 0.3) is 60.9 Å². The molecule has 0 saturated carbocycles. The second-order valence-corrected chi connectivity index (χ2v) is 9.17. The molecular weight excluding hydrogens is 430 g/mol. The monoisotopic (exact) mass is 453 g/mol. The largest absolute Gasteiger partial charge is 0.455 e. The van der Waals surface area contributed by atoms with Crippen molar-refractivity contribution in [2.24, 2.45) is 0 Å². The highest BCUT2D eigenvalue weighted by Gasteiger charge is 2.15. The third kappa shape index (κ3) is 3.07. The molecule has 0 amide bonds. The van der Waals surface area contributed by atoms with Crippen LogP contribution in [-0.4, -0.2) is 14.6 Å². The van der Waals surface area contributed by atoms with Crippen LogP contribution in [0.4, 0.5) is 0 Å². The third-order valence-corrected chi connectivity index (χ3v) is 6.95. The summed E-state index contributed by atoms with van der Waals surface area (Å²) in [5, 5.41) is 13.6. The van der Waals surface area contributed by atoms with Crippen molar-refractivity contribution in [3.05, 3.63) is 102 Å². The van der Waals surface area contributed by atoms with Crippen molar-refractivity contribution in [1.29, 1.82) is 0 Å². The predicted octanol–water partition coefficient (Wildman–Crippen LogP) is 7.99. The van der Waals surface area contributed by atoms with Crippen molar-refractivity contribution in [3.8, 4) is 22.5 Å². The lowest BCUT2D eigenvalue weighted by molar-refractivity contribution is 0.670. The van der Waals surface area contributed by atoms with E-state index in [2.05, 4.69) is 101 Å². The van der Waals surface area contributed by atoms with Crippen molar-refractivity contribution in [3.63, 3.8) is 0 Å². The van der Waals surface area contributed by atoms with E-state index in [9.17, 15) is 0 Å². The average Bonchev–Trinajstić information content (AvgIpc) is 3.50. The Kier molecular flexibility index (Phi) is 4.30. The van der Waals surface area contributed by atoms with E-state index in [0.29, 0.717) is 0 Å². The minimum Gasteiger partial charge on any atom is -0.455 e. The van der Waals surface area contributed by atoms with Gasteiger partial charge >= 0.3 is 0 Å². The average molecular weight is 454 g/mol. The Morgan fingerprint density at radius 3 is 2.46 bits per heavy atom. The lowest BCUT2D eigenvalue weighted by atomic mass is 9.97. The van der Waals surface area contributed by atoms with Gasteiger partial charge in [0, 0.05) is 33.5 Å². The molecule has 0 aliphatic rings. The Hall–Kier alpha value is -4.44. The smallest absolute Gasteiger partial charge is 0.168 e. The molecule has 3 aromatic heterocycles. The zero-order valence-corrected chi connectivity index (χ0v) is 19.6. The number of aryl methyl sites for hydroxylation is 2. The fourth-order valence-corrected chi connectivity index (χ4v) is 5.08. The molecule has 0 N–H and O–H groups in total. The number of furan rings is 1. The Morgan fingerprint density at radius 1 is 0.771 bits per heavy atom. The minimum atomic E-state index is 0.837. The molecule has 7 rings (SSSR count). The number of pyridine rings is 1. The summed E-state index contributed by atoms with van der Waals surface area (Å²) in [6.45, 7) is 4.32. The van der Waals surface area contributed by atoms with E-state index in [1.807, 2.05) is 18.3 Å². The van der Waals surface area contributed by atoms with Crippen LogP contribution in [0.1, 0.15) is 18.1 Å². The first kappa shape index (κ1) is 20.0. The van der Waals surface area contributed by atoms with Gasteiger partial charge in [0.2, 0.25) is 0 Å². The van der Waals surface area contributed by atoms with Gasteiger partial charge in [0.15, 0.2) is 11.5 Å². The number of fused-ring (bicyclic) bond motifs is 6. The standard InChI is InChI=1S/C31H23N3O/c1-3-20-17-25(29-27(18-20)26-16-19(2)8-13-28(26)35-29)22-9-11-23(12-10-22)30-32-33-31-24-7-5-4-6-21(24)14-15-34(30)31/h4-18H,3H2,1-2H3. The van der Waals surface area contributed by atoms with Crippen molar-refractivity contribution in [2.45, 2.75) is 20.3 Å². The molecule has 0 aliphatic heterocycles. The molecule has 35 heavy (non-hydrogen) atoms. The van der Waals surface area contributed by atoms with Crippen LogP contribution in [0.5, 0.6) is 0 Å². The van der Waals surface area contributed by atoms with E-state index in [1.165, 1.54) is 21.9 Å². The first-order valence-corrected chi connectivity index (χ1v) is 12.0. The summed E-state index contributed by atoms with van der Waals surface area (Å²) in [6.07, 6.45) is 3.02. The van der Waals surface area contributed by atoms with E-state index in [1.54, 1.807) is 0 Å². The van der Waals surface area contributed by atoms with E-state index < -0.39 is 0 Å². The maximum atomic E-state index is 6.37. The Labute approximate surface area is 202 Å². The third-order valence-electron chi connectivity index (χ3n) is 6.95. The molecular formula is C31H23N3O. The normalized spacial score (nSPS) is 11.8. The topological polar surface area (TPSA) is 43.3 Å². The molecule has 4 nitrogen and oxygen atoms in total. The molecule has 0 aliphatic carbocycles. The first-order valence-electron chi connectivity index (χ1n) is 12.0. The molecule has 0 bridgehead atoms. The van der Waals surface area contributed by atoms with Crippen LogP contribution >= 0.6 is 0 Å². The molecule has 4 heteroatoms. The van der Waals surface area contributed by atoms with Gasteiger partial charge in [-0.3, -0.25) is 4.40 Å². The lowest BCUT2D eigenvalue weighted by Crippen LogP contribution is -1.90. The summed E-state index contributed by atoms with van der Waals surface area (Å²) in [5.41, 5.74) is 8.56. The highest BCUT2D eigenvalue weighted by Crippen LogP contribution is 2.38. The molecule has 0 saturated heterocycles. The van der Waals surface area contributed by atoms with Gasteiger partial charge in [-0.25, -0.2) is 0 Å². The molecule has 168 valence electrons. The van der Waals surface area contributed by atoms with Gasteiger partial charge in [-0.15, -0.1) is 10.2 Å². The number of aromatic nitrogens is 3. The lowest BCUT2D eigenvalue weighted by Gasteiger charge is -2.08. The maximum Gasteiger partial charge on any atom is 0.168 e. The van der Waals surface area contributed by atoms with Crippen molar-refractivity contribution < 1.29 is 4.42 Å². The van der Waals surface area contributed by atoms with Crippen LogP contribution in [0.2, 0.25) is 0 Å². The van der Waals surface area contributed by atoms with Crippen LogP contribution in [0, 0.1) is 6.92 Å². The zero-order chi connectivity index (χ0) is 23.5. The van der Waals surface area contributed by atoms with E-state index in [4.69, 9.17) is 4.42 Å². The van der Waals surface area contributed by atoms with E-state index in [0.717, 1.165) is 56.5 Å². The van der Waals surface area contributed by atoms with Crippen molar-refractivity contribution in [1.82, 2.24) is 14.6 Å². The summed E-state index contributed by atoms with van der Waals surface area (Å²) >= 11 is 0. The van der Waals surface area contributed by atoms with Crippen molar-refractivity contribution in [2.75, 3.05) is 0 Å². The highest BCUT2D eigenvalue weighted by atomic mass is 16.3. The molecule has 0 unspecified atom stereocenters. The number of rotatable bonds is 3. The Bertz CT molecular complexity index is 1890. The number of benzene rings is 4. The molecule has 3 heterocycles. The van der Waals surface area contributed by atoms with E-state index >= 15 is 0 Å². The van der Waals surface area contributed by atoms with Crippen LogP contribution < -0.4 is 0 Å². The Morgan fingerprint density at radius 2 is 1.60 bits per heavy atom.